The normalized spacial score (nSPS) is 11.1. The van der Waals surface area contributed by atoms with Gasteiger partial charge in [0.1, 0.15) is 68.4 Å². The molecule has 630 valence electrons. The van der Waals surface area contributed by atoms with Crippen LogP contribution in [0, 0.1) is 12.7 Å². The van der Waals surface area contributed by atoms with Gasteiger partial charge in [-0.1, -0.05) is 76.7 Å². The van der Waals surface area contributed by atoms with Crippen LogP contribution in [0.3, 0.4) is 0 Å². The molecular weight excluding hydrogens is 1700 g/mol. The van der Waals surface area contributed by atoms with Gasteiger partial charge in [-0.3, -0.25) is 63.0 Å². The molecule has 0 aliphatic heterocycles. The first kappa shape index (κ1) is 84.2. The molecule has 0 spiro atoms. The highest BCUT2D eigenvalue weighted by Crippen LogP contribution is 2.40. The fraction of sp³-hybridized carbons (Fsp3) is 0.0690. The number of H-pyrrole nitrogens is 2. The maximum absolute atomic E-state index is 14.4. The van der Waals surface area contributed by atoms with E-state index in [9.17, 15) is 18.8 Å². The highest BCUT2D eigenvalue weighted by atomic mass is 35.5. The van der Waals surface area contributed by atoms with Crippen LogP contribution in [0.5, 0.6) is 5.88 Å². The average Bonchev–Trinajstić information content (AvgIpc) is 1.69. The van der Waals surface area contributed by atoms with E-state index in [-0.39, 0.29) is 40.7 Å². The van der Waals surface area contributed by atoms with Crippen LogP contribution in [0.2, 0.25) is 20.1 Å². The van der Waals surface area contributed by atoms with E-state index in [4.69, 9.17) is 85.5 Å². The van der Waals surface area contributed by atoms with E-state index in [1.54, 1.807) is 136 Å². The number of methoxy groups -OCH3 is 1. The number of hydrogen-bond donors (Lipinski definition) is 8. The number of aromatic nitrogens is 25. The van der Waals surface area contributed by atoms with Crippen LogP contribution in [0.15, 0.2) is 229 Å². The zero-order valence-electron chi connectivity index (χ0n) is 67.6. The summed E-state index contributed by atoms with van der Waals surface area (Å²) in [5, 5.41) is 27.9. The second-order valence-electron chi connectivity index (χ2n) is 28.2. The Morgan fingerprint density at radius 2 is 0.772 bits per heavy atom. The minimum Gasteiger partial charge on any atom is -0.478 e. The summed E-state index contributed by atoms with van der Waals surface area (Å²) < 4.78 is 27.9. The SMILES string of the molecule is COc1nc(-c2cc(Cl)c3ncccc3c2)c(-c2ccn(C)n2)nc1N.Cc1ccn(-c2nc(N)c(=O)[nH]c2-c2cc(Cl)c3ncccc3c2)n1.Cn1ccc(-c2nc(N)c(=O)[nH]c2-c2cc(Cl)c3ncccc3c2)n1.Cn1ccc(-c2nc(N)c(C(N)=O)nc2-c2cc(Cl)c3ncccc3c2)n1.Cn1ccc(-c2nc(N)cnc2-c2cc(F)c3ncccc3c2)n1. The van der Waals surface area contributed by atoms with E-state index in [1.165, 1.54) is 19.4 Å². The van der Waals surface area contributed by atoms with Gasteiger partial charge in [-0.15, -0.1) is 0 Å². The summed E-state index contributed by atoms with van der Waals surface area (Å²) >= 11 is 25.6. The van der Waals surface area contributed by atoms with E-state index in [0.29, 0.717) is 150 Å². The Kier molecular flexibility index (Phi) is 23.6. The Balaban J connectivity index is 0.000000117. The van der Waals surface area contributed by atoms with Crippen molar-refractivity contribution >= 4 is 136 Å². The molecule has 0 atom stereocenters. The molecule has 0 fully saturated rings. The Morgan fingerprint density at radius 1 is 0.394 bits per heavy atom. The molecule has 35 nitrogen and oxygen atoms in total. The summed E-state index contributed by atoms with van der Waals surface area (Å²) in [6, 6.07) is 45.4. The summed E-state index contributed by atoms with van der Waals surface area (Å²) in [6.45, 7) is 1.86. The lowest BCUT2D eigenvalue weighted by Crippen LogP contribution is -2.18. The molecule has 15 aromatic heterocycles. The summed E-state index contributed by atoms with van der Waals surface area (Å²) in [5.74, 6) is -0.311. The van der Waals surface area contributed by atoms with Gasteiger partial charge in [0.2, 0.25) is 0 Å². The Hall–Kier alpha value is -16.4. The molecule has 0 radical (unpaired) electrons. The third-order valence-corrected chi connectivity index (χ3v) is 20.5. The number of nitrogens with zero attached hydrogens (tertiary/aromatic N) is 23. The molecule has 14 N–H and O–H groups in total. The third kappa shape index (κ3) is 17.8. The molecule has 0 aliphatic carbocycles. The molecule has 0 unspecified atom stereocenters. The van der Waals surface area contributed by atoms with Gasteiger partial charge in [-0.2, -0.15) is 25.5 Å². The molecule has 0 aliphatic rings. The lowest BCUT2D eigenvalue weighted by Gasteiger charge is -2.12. The maximum atomic E-state index is 14.4. The number of nitrogens with one attached hydrogen (secondary N) is 2. The lowest BCUT2D eigenvalue weighted by molar-refractivity contribution is 0.0996. The van der Waals surface area contributed by atoms with Gasteiger partial charge in [-0.05, 0) is 128 Å². The number of nitrogens with two attached hydrogens (primary N) is 6. The zero-order chi connectivity index (χ0) is 89.2. The van der Waals surface area contributed by atoms with Crippen molar-refractivity contribution in [2.45, 2.75) is 6.92 Å². The van der Waals surface area contributed by atoms with Crippen molar-refractivity contribution in [3.63, 3.8) is 0 Å². The fourth-order valence-electron chi connectivity index (χ4n) is 13.6. The number of aryl methyl sites for hydroxylation is 5. The first-order valence-corrected chi connectivity index (χ1v) is 39.6. The number of halogens is 5. The number of hydrogen-bond acceptors (Lipinski definition) is 27. The topological polar surface area (TPSA) is 505 Å². The van der Waals surface area contributed by atoms with Gasteiger partial charge in [0.15, 0.2) is 34.8 Å². The minimum atomic E-state index is -0.762. The van der Waals surface area contributed by atoms with Gasteiger partial charge in [0.25, 0.3) is 22.9 Å². The number of ether oxygens (including phenoxy) is 1. The number of rotatable bonds is 12. The minimum absolute atomic E-state index is 0.0551. The van der Waals surface area contributed by atoms with E-state index in [2.05, 4.69) is 100 Å². The number of carbonyl (C=O) groups excluding carboxylic acids is 1. The highest BCUT2D eigenvalue weighted by Gasteiger charge is 2.25. The summed E-state index contributed by atoms with van der Waals surface area (Å²) in [7, 11) is 8.74. The summed E-state index contributed by atoms with van der Waals surface area (Å²) in [5.41, 5.74) is 47.7. The standard InChI is InChI=1S/C18H14ClN7O.C18H15ClN6O.2C17H13ClN6O.C17H13FN6/c1-26-6-4-12(25-26)15-14(23-16(18(21)27)17(20)24-15)10-7-9-3-2-5-22-13(9)11(19)8-10;1-25-7-5-13(24-25)16-15(23-18(26-2)17(20)22-16)11-8-10-4-3-6-21-14(10)12(19)9-11;1-24-6-4-12(23-24)15-14(22-17(25)16(19)21-15)10-7-9-3-2-5-20-13(9)11(18)8-10;1-9-4-6-24(23-9)16-14(21-17(25)15(19)22-16)11-7-10-3-2-5-20-13(10)12(18)8-11;1-24-6-4-13(23-24)17-16(21-9-14(19)22-17)11-7-10-3-2-5-20-15(10)12(18)8-11/h2-8H,1H3,(H2,20,24)(H2,21,27);3-9H,1-2H3,(H2,20,22);2-8H,1H3,(H2,19,21)(H,22,25);2-8H,1H3,(H2,19,22)(H,21,25);2-9H,1H3,(H2,19,22). The van der Waals surface area contributed by atoms with Gasteiger partial charge in [0.05, 0.1) is 83.9 Å². The molecule has 0 bridgehead atoms. The number of fused-ring (bicyclic) bond motifs is 5. The second-order valence-corrected chi connectivity index (χ2v) is 29.8. The predicted octanol–water partition coefficient (Wildman–Crippen LogP) is 13.9. The number of aromatic amines is 2. The third-order valence-electron chi connectivity index (χ3n) is 19.3. The molecular formula is C87H68Cl4FN31O4. The van der Waals surface area contributed by atoms with Crippen LogP contribution in [0.1, 0.15) is 16.2 Å². The smallest absolute Gasteiger partial charge is 0.291 e. The van der Waals surface area contributed by atoms with Crippen molar-refractivity contribution in [1.82, 2.24) is 124 Å². The number of amides is 1. The van der Waals surface area contributed by atoms with Gasteiger partial charge in [0, 0.05) is 145 Å². The van der Waals surface area contributed by atoms with E-state index in [0.717, 1.165) is 38.3 Å². The fourth-order valence-corrected chi connectivity index (χ4v) is 14.7. The zero-order valence-corrected chi connectivity index (χ0v) is 70.6. The van der Waals surface area contributed by atoms with E-state index < -0.39 is 22.8 Å². The monoisotopic (exact) mass is 1770 g/mol. The average molecular weight is 1770 g/mol. The van der Waals surface area contributed by atoms with E-state index in [1.807, 2.05) is 130 Å². The van der Waals surface area contributed by atoms with Crippen LogP contribution in [-0.2, 0) is 28.2 Å². The molecule has 20 aromatic rings. The molecule has 5 aromatic carbocycles. The van der Waals surface area contributed by atoms with Crippen molar-refractivity contribution in [3.05, 3.63) is 278 Å². The Labute approximate surface area is 737 Å². The molecule has 127 heavy (non-hydrogen) atoms. The van der Waals surface area contributed by atoms with Gasteiger partial charge < -0.3 is 49.1 Å². The van der Waals surface area contributed by atoms with Gasteiger partial charge >= 0.3 is 0 Å². The molecule has 0 saturated heterocycles. The summed E-state index contributed by atoms with van der Waals surface area (Å²) in [4.78, 5) is 97.5. The Bertz CT molecular complexity index is 7640. The molecule has 0 saturated carbocycles. The van der Waals surface area contributed by atoms with Crippen LogP contribution in [0.4, 0.5) is 33.5 Å². The maximum Gasteiger partial charge on any atom is 0.291 e. The van der Waals surface area contributed by atoms with Crippen molar-refractivity contribution < 1.29 is 13.9 Å². The molecule has 40 heteroatoms. The van der Waals surface area contributed by atoms with Crippen LogP contribution < -0.4 is 50.3 Å². The quantitative estimate of drug-likeness (QED) is 0.0563. The number of pyridine rings is 5. The van der Waals surface area contributed by atoms with E-state index >= 15 is 0 Å². The number of primary amides is 1. The number of anilines is 5. The summed E-state index contributed by atoms with van der Waals surface area (Å²) in [6.07, 6.45) is 18.7. The van der Waals surface area contributed by atoms with Crippen molar-refractivity contribution in [1.29, 1.82) is 0 Å². The van der Waals surface area contributed by atoms with Crippen molar-refractivity contribution in [2.75, 3.05) is 35.8 Å². The highest BCUT2D eigenvalue weighted by molar-refractivity contribution is 6.37. The predicted molar refractivity (Wildman–Crippen MR) is 487 cm³/mol. The Morgan fingerprint density at radius 3 is 1.20 bits per heavy atom. The number of carbonyl (C=O) groups is 1. The second kappa shape index (κ2) is 35.6. The van der Waals surface area contributed by atoms with Crippen molar-refractivity contribution in [3.8, 4) is 114 Å². The number of nitrogen functional groups attached to an aromatic ring is 5. The largest absolute Gasteiger partial charge is 0.478 e. The number of benzene rings is 5. The van der Waals surface area contributed by atoms with Crippen LogP contribution >= 0.6 is 46.4 Å². The first-order valence-electron chi connectivity index (χ1n) is 38.0. The van der Waals surface area contributed by atoms with Gasteiger partial charge in [-0.25, -0.2) is 44.0 Å². The molecule has 20 rings (SSSR count). The lowest BCUT2D eigenvalue weighted by atomic mass is 10.0. The first-order chi connectivity index (χ1) is 61.2. The van der Waals surface area contributed by atoms with Crippen molar-refractivity contribution in [2.24, 2.45) is 33.9 Å². The van der Waals surface area contributed by atoms with Crippen LogP contribution in [-0.4, -0.2) is 137 Å². The molecule has 15 heterocycles. The molecule has 1 amide bonds. The van der Waals surface area contributed by atoms with Crippen LogP contribution in [0.25, 0.3) is 162 Å².